The van der Waals surface area contributed by atoms with Gasteiger partial charge >= 0.3 is 0 Å². The number of thiazole rings is 1. The fourth-order valence-corrected chi connectivity index (χ4v) is 4.62. The topological polar surface area (TPSA) is 88.2 Å². The average Bonchev–Trinajstić information content (AvgIpc) is 3.11. The number of rotatable bonds is 5. The molecule has 0 saturated heterocycles. The smallest absolute Gasteiger partial charge is 0.261 e. The molecule has 1 amide bonds. The van der Waals surface area contributed by atoms with E-state index >= 15 is 0 Å². The maximum atomic E-state index is 13.4. The van der Waals surface area contributed by atoms with Gasteiger partial charge in [0.1, 0.15) is 0 Å². The molecule has 0 fully saturated rings. The summed E-state index contributed by atoms with van der Waals surface area (Å²) in [6.45, 7) is 0. The zero-order chi connectivity index (χ0) is 21.3. The second-order valence-electron chi connectivity index (χ2n) is 6.20. The van der Waals surface area contributed by atoms with E-state index in [2.05, 4.69) is 15.0 Å². The van der Waals surface area contributed by atoms with Gasteiger partial charge < -0.3 is 0 Å². The van der Waals surface area contributed by atoms with Crippen molar-refractivity contribution >= 4 is 48.3 Å². The van der Waals surface area contributed by atoms with Crippen LogP contribution in [0.15, 0.2) is 71.6 Å². The summed E-state index contributed by atoms with van der Waals surface area (Å²) in [7, 11) is -4.11. The van der Waals surface area contributed by atoms with Crippen molar-refractivity contribution < 1.29 is 22.0 Å². The van der Waals surface area contributed by atoms with Crippen LogP contribution < -0.4 is 10.0 Å². The highest BCUT2D eigenvalue weighted by atomic mass is 32.2. The van der Waals surface area contributed by atoms with E-state index in [0.717, 1.165) is 12.1 Å². The normalized spacial score (nSPS) is 11.4. The molecule has 2 N–H and O–H groups in total. The summed E-state index contributed by atoms with van der Waals surface area (Å²) in [5, 5.41) is 3.07. The van der Waals surface area contributed by atoms with Crippen molar-refractivity contribution in [3.05, 3.63) is 83.9 Å². The van der Waals surface area contributed by atoms with Crippen LogP contribution in [-0.2, 0) is 10.0 Å². The van der Waals surface area contributed by atoms with Crippen LogP contribution in [0.2, 0.25) is 0 Å². The van der Waals surface area contributed by atoms with Gasteiger partial charge in [0.15, 0.2) is 16.8 Å². The van der Waals surface area contributed by atoms with Gasteiger partial charge in [-0.2, -0.15) is 0 Å². The Balaban J connectivity index is 1.56. The Hall–Kier alpha value is -3.37. The monoisotopic (exact) mass is 445 g/mol. The number of carbonyl (C=O) groups excluding carboxylic acids is 1. The number of nitrogens with zero attached hydrogens (tertiary/aromatic N) is 1. The van der Waals surface area contributed by atoms with Gasteiger partial charge in [0.2, 0.25) is 0 Å². The van der Waals surface area contributed by atoms with Crippen LogP contribution in [-0.4, -0.2) is 19.3 Å². The largest absolute Gasteiger partial charge is 0.298 e. The van der Waals surface area contributed by atoms with Gasteiger partial charge in [-0.3, -0.25) is 14.8 Å². The quantitative estimate of drug-likeness (QED) is 0.469. The third kappa shape index (κ3) is 4.14. The molecule has 3 aromatic carbocycles. The number of hydrogen-bond acceptors (Lipinski definition) is 5. The molecule has 0 unspecified atom stereocenters. The standard InChI is InChI=1S/C20H13F2N3O3S2/c21-15-8-7-14(11-16(15)22)30(27,28)25-13-6-9-17-18(10-13)29-20(23-17)24-19(26)12-4-2-1-3-5-12/h1-11,25H,(H,23,24,26). The van der Waals surface area contributed by atoms with Crippen molar-refractivity contribution in [3.8, 4) is 0 Å². The zero-order valence-corrected chi connectivity index (χ0v) is 16.7. The van der Waals surface area contributed by atoms with Crippen molar-refractivity contribution in [3.63, 3.8) is 0 Å². The number of halogens is 2. The van der Waals surface area contributed by atoms with E-state index in [1.54, 1.807) is 42.5 Å². The molecule has 10 heteroatoms. The maximum Gasteiger partial charge on any atom is 0.261 e. The zero-order valence-electron chi connectivity index (χ0n) is 15.1. The molecule has 0 radical (unpaired) electrons. The number of aromatic nitrogens is 1. The van der Waals surface area contributed by atoms with Crippen molar-refractivity contribution in [2.75, 3.05) is 10.0 Å². The SMILES string of the molecule is O=C(Nc1nc2ccc(NS(=O)(=O)c3ccc(F)c(F)c3)cc2s1)c1ccccc1. The van der Waals surface area contributed by atoms with E-state index in [9.17, 15) is 22.0 Å². The molecule has 0 aliphatic heterocycles. The molecule has 1 aromatic heterocycles. The van der Waals surface area contributed by atoms with Crippen LogP contribution in [0.1, 0.15) is 10.4 Å². The number of hydrogen-bond donors (Lipinski definition) is 2. The van der Waals surface area contributed by atoms with Crippen molar-refractivity contribution in [1.82, 2.24) is 4.98 Å². The van der Waals surface area contributed by atoms with Gasteiger partial charge in [-0.25, -0.2) is 22.2 Å². The number of amides is 1. The van der Waals surface area contributed by atoms with Gasteiger partial charge in [-0.1, -0.05) is 29.5 Å². The summed E-state index contributed by atoms with van der Waals surface area (Å²) >= 11 is 1.17. The minimum Gasteiger partial charge on any atom is -0.298 e. The molecular weight excluding hydrogens is 432 g/mol. The molecular formula is C20H13F2N3O3S2. The summed E-state index contributed by atoms with van der Waals surface area (Å²) in [5.74, 6) is -2.70. The van der Waals surface area contributed by atoms with Crippen LogP contribution in [0.5, 0.6) is 0 Å². The summed E-state index contributed by atoms with van der Waals surface area (Å²) in [4.78, 5) is 16.2. The molecule has 0 bridgehead atoms. The highest BCUT2D eigenvalue weighted by Gasteiger charge is 2.17. The fraction of sp³-hybridized carbons (Fsp3) is 0. The molecule has 0 aliphatic rings. The van der Waals surface area contributed by atoms with Crippen LogP contribution in [0.25, 0.3) is 10.2 Å². The lowest BCUT2D eigenvalue weighted by Crippen LogP contribution is -2.13. The Labute approximate surface area is 174 Å². The van der Waals surface area contributed by atoms with Gasteiger partial charge in [0.25, 0.3) is 15.9 Å². The van der Waals surface area contributed by atoms with Crippen LogP contribution in [0.3, 0.4) is 0 Å². The van der Waals surface area contributed by atoms with Gasteiger partial charge in [-0.15, -0.1) is 0 Å². The second kappa shape index (κ2) is 7.81. The lowest BCUT2D eigenvalue weighted by molar-refractivity contribution is 0.102. The maximum absolute atomic E-state index is 13.4. The van der Waals surface area contributed by atoms with Crippen molar-refractivity contribution in [2.24, 2.45) is 0 Å². The minimum absolute atomic E-state index is 0.219. The van der Waals surface area contributed by atoms with Gasteiger partial charge in [0.05, 0.1) is 20.8 Å². The molecule has 0 aliphatic carbocycles. The first kappa shape index (κ1) is 19.9. The number of carbonyl (C=O) groups is 1. The number of anilines is 2. The van der Waals surface area contributed by atoms with Crippen LogP contribution in [0.4, 0.5) is 19.6 Å². The first-order valence-electron chi connectivity index (χ1n) is 8.57. The average molecular weight is 445 g/mol. The Morgan fingerprint density at radius 2 is 1.70 bits per heavy atom. The molecule has 0 saturated carbocycles. The van der Waals surface area contributed by atoms with Crippen molar-refractivity contribution in [2.45, 2.75) is 4.90 Å². The summed E-state index contributed by atoms with van der Waals surface area (Å²) in [6, 6.07) is 15.6. The summed E-state index contributed by atoms with van der Waals surface area (Å²) < 4.78 is 54.3. The van der Waals surface area contributed by atoms with E-state index in [0.29, 0.717) is 27.0 Å². The van der Waals surface area contributed by atoms with Gasteiger partial charge in [0, 0.05) is 5.56 Å². The predicted molar refractivity (Wildman–Crippen MR) is 111 cm³/mol. The number of sulfonamides is 1. The first-order chi connectivity index (χ1) is 14.3. The van der Waals surface area contributed by atoms with Crippen molar-refractivity contribution in [1.29, 1.82) is 0 Å². The lowest BCUT2D eigenvalue weighted by atomic mass is 10.2. The molecule has 1 heterocycles. The molecule has 0 atom stereocenters. The van der Waals surface area contributed by atoms with E-state index in [1.165, 1.54) is 17.4 Å². The Kier molecular flexibility index (Phi) is 5.18. The van der Waals surface area contributed by atoms with Crippen LogP contribution >= 0.6 is 11.3 Å². The number of nitrogens with one attached hydrogen (secondary N) is 2. The number of benzene rings is 3. The highest BCUT2D eigenvalue weighted by Crippen LogP contribution is 2.29. The van der Waals surface area contributed by atoms with Gasteiger partial charge in [-0.05, 0) is 48.5 Å². The first-order valence-corrected chi connectivity index (χ1v) is 10.9. The fourth-order valence-electron chi connectivity index (χ4n) is 2.66. The lowest BCUT2D eigenvalue weighted by Gasteiger charge is -2.08. The van der Waals surface area contributed by atoms with E-state index in [4.69, 9.17) is 0 Å². The molecule has 152 valence electrons. The number of fused-ring (bicyclic) bond motifs is 1. The molecule has 6 nitrogen and oxygen atoms in total. The highest BCUT2D eigenvalue weighted by molar-refractivity contribution is 7.92. The Morgan fingerprint density at radius 3 is 2.43 bits per heavy atom. The molecule has 4 aromatic rings. The van der Waals surface area contributed by atoms with Crippen LogP contribution in [0, 0.1) is 11.6 Å². The third-order valence-electron chi connectivity index (χ3n) is 4.10. The molecule has 0 spiro atoms. The minimum atomic E-state index is -4.11. The summed E-state index contributed by atoms with van der Waals surface area (Å²) in [6.07, 6.45) is 0. The van der Waals surface area contributed by atoms with E-state index in [1.807, 2.05) is 0 Å². The Morgan fingerprint density at radius 1 is 0.933 bits per heavy atom. The van der Waals surface area contributed by atoms with E-state index in [-0.39, 0.29) is 11.6 Å². The summed E-state index contributed by atoms with van der Waals surface area (Å²) in [5.41, 5.74) is 1.27. The second-order valence-corrected chi connectivity index (χ2v) is 8.92. The molecule has 30 heavy (non-hydrogen) atoms. The predicted octanol–water partition coefficient (Wildman–Crippen LogP) is 4.63. The third-order valence-corrected chi connectivity index (χ3v) is 6.41. The Bertz CT molecular complexity index is 1360. The molecule has 4 rings (SSSR count). The van der Waals surface area contributed by atoms with E-state index < -0.39 is 26.6 Å².